The zero-order valence-corrected chi connectivity index (χ0v) is 20.8. The van der Waals surface area contributed by atoms with E-state index in [1.54, 1.807) is 0 Å². The van der Waals surface area contributed by atoms with Crippen LogP contribution in [-0.4, -0.2) is 18.7 Å². The van der Waals surface area contributed by atoms with Crippen LogP contribution in [0.1, 0.15) is 26.3 Å². The van der Waals surface area contributed by atoms with Crippen molar-refractivity contribution in [2.24, 2.45) is 0 Å². The summed E-state index contributed by atoms with van der Waals surface area (Å²) in [7, 11) is 3.55. The number of halogens is 1. The number of rotatable bonds is 5. The first-order valence-electron chi connectivity index (χ1n) is 8.63. The molecule has 0 saturated heterocycles. The predicted molar refractivity (Wildman–Crippen MR) is 118 cm³/mol. The average Bonchev–Trinajstić information content (AvgIpc) is 2.56. The molecule has 0 heterocycles. The summed E-state index contributed by atoms with van der Waals surface area (Å²) in [4.78, 5) is 0. The Labute approximate surface area is 177 Å². The van der Waals surface area contributed by atoms with Crippen LogP contribution in [0, 0.1) is 0 Å². The summed E-state index contributed by atoms with van der Waals surface area (Å²) in [5.74, 6) is 0.498. The van der Waals surface area contributed by atoms with Gasteiger partial charge in [0.2, 0.25) is 0 Å². The van der Waals surface area contributed by atoms with Crippen molar-refractivity contribution in [2.45, 2.75) is 52.5 Å². The third-order valence-electron chi connectivity index (χ3n) is 3.85. The van der Waals surface area contributed by atoms with E-state index in [0.29, 0.717) is 14.3 Å². The molecule has 2 nitrogen and oxygen atoms in total. The van der Waals surface area contributed by atoms with Crippen LogP contribution in [0.5, 0.6) is 5.75 Å². The summed E-state index contributed by atoms with van der Waals surface area (Å²) in [6.07, 6.45) is 0. The van der Waals surface area contributed by atoms with Crippen molar-refractivity contribution >= 4 is 41.8 Å². The van der Waals surface area contributed by atoms with Crippen LogP contribution >= 0.6 is 17.9 Å². The molecule has 2 aromatic carbocycles. The number of para-hydroxylation sites is 1. The molecule has 2 aromatic rings. The summed E-state index contributed by atoms with van der Waals surface area (Å²) >= 11 is 1.47. The molecule has 1 N–H and O–H groups in total. The van der Waals surface area contributed by atoms with Gasteiger partial charge in [0.1, 0.15) is 5.75 Å². The number of aromatic hydroxyl groups is 1. The third kappa shape index (κ3) is 7.46. The molecule has 0 spiro atoms. The topological polar surface area (TPSA) is 34.3 Å². The molecule has 0 aliphatic rings. The van der Waals surface area contributed by atoms with Gasteiger partial charge in [0.05, 0.1) is 8.07 Å². The first-order valence-corrected chi connectivity index (χ1v) is 15.3. The Bertz CT molecular complexity index is 714. The monoisotopic (exact) mass is 441 g/mol. The number of nitrogens with zero attached hydrogens (tertiary/aromatic N) is 1. The van der Waals surface area contributed by atoms with E-state index < -0.39 is 8.07 Å². The van der Waals surface area contributed by atoms with Gasteiger partial charge in [-0.2, -0.15) is 0 Å². The summed E-state index contributed by atoms with van der Waals surface area (Å²) < 4.78 is 0. The maximum absolute atomic E-state index is 10.8. The minimum atomic E-state index is -1.54. The number of phenols is 1. The molecule has 0 radical (unpaired) electrons. The molecule has 1 atom stereocenters. The van der Waals surface area contributed by atoms with Crippen molar-refractivity contribution in [1.82, 2.24) is 0 Å². The third-order valence-corrected chi connectivity index (χ3v) is 7.30. The van der Waals surface area contributed by atoms with E-state index in [1.165, 1.54) is 30.2 Å². The maximum atomic E-state index is 10.8. The van der Waals surface area contributed by atoms with Gasteiger partial charge in [-0.3, -0.25) is 0 Å². The summed E-state index contributed by atoms with van der Waals surface area (Å²) in [6, 6.07) is 14.7. The molecular weight excluding hydrogens is 413 g/mol. The van der Waals surface area contributed by atoms with Crippen LogP contribution in [0.25, 0.3) is 5.32 Å². The van der Waals surface area contributed by atoms with Crippen molar-refractivity contribution in [3.05, 3.63) is 53.3 Å². The number of phenolic OH excluding ortho intramolecular Hbond substituents is 1. The standard InChI is InChI=1S/C20H29NOPSi.ClH.Ti/c1-20(2,3)21-14-15-10-7-8-11-16(15)23-17-12-9-13-18(19(17)22)24(4,5)6;;/h7-13,22-23H,14H2,1-6H3;1H;/q-1;;+2/p-1. The van der Waals surface area contributed by atoms with Crippen molar-refractivity contribution in [2.75, 3.05) is 0 Å². The molecule has 140 valence electrons. The molecule has 0 aliphatic heterocycles. The van der Waals surface area contributed by atoms with Crippen molar-refractivity contribution in [3.63, 3.8) is 0 Å². The van der Waals surface area contributed by atoms with E-state index in [2.05, 4.69) is 92.2 Å². The SMILES string of the molecule is CC(C)(C)[N-]Cc1ccccc1Pc1cccc([Si](C)(C)C)c1O.[Cl][Ti+]. The normalized spacial score (nSPS) is 12.1. The van der Waals surface area contributed by atoms with Gasteiger partial charge in [0.25, 0.3) is 0 Å². The fourth-order valence-corrected chi connectivity index (χ4v) is 5.29. The van der Waals surface area contributed by atoms with Crippen LogP contribution in [0.15, 0.2) is 42.5 Å². The Morgan fingerprint density at radius 3 is 2.15 bits per heavy atom. The summed E-state index contributed by atoms with van der Waals surface area (Å²) in [5, 5.41) is 19.0. The predicted octanol–water partition coefficient (Wildman–Crippen LogP) is 4.93. The second-order valence-corrected chi connectivity index (χ2v) is 14.6. The van der Waals surface area contributed by atoms with Gasteiger partial charge < -0.3 is 10.4 Å². The molecular formula is C20H29ClNOPSiTi. The van der Waals surface area contributed by atoms with E-state index in [0.717, 1.165) is 17.0 Å². The first-order chi connectivity index (χ1) is 12.1. The van der Waals surface area contributed by atoms with Crippen molar-refractivity contribution in [1.29, 1.82) is 0 Å². The fourth-order valence-electron chi connectivity index (χ4n) is 2.50. The molecule has 1 unspecified atom stereocenters. The van der Waals surface area contributed by atoms with E-state index in [-0.39, 0.29) is 5.54 Å². The Balaban J connectivity index is 0.00000163. The fraction of sp³-hybridized carbons (Fsp3) is 0.400. The Morgan fingerprint density at radius 2 is 1.58 bits per heavy atom. The second kappa shape index (κ2) is 10.4. The first kappa shape index (κ1) is 23.9. The Morgan fingerprint density at radius 1 is 1.00 bits per heavy atom. The van der Waals surface area contributed by atoms with Gasteiger partial charge in [-0.15, -0.1) is 12.1 Å². The number of benzene rings is 2. The van der Waals surface area contributed by atoms with Crippen LogP contribution < -0.4 is 15.8 Å². The van der Waals surface area contributed by atoms with Gasteiger partial charge in [0, 0.05) is 5.30 Å². The molecule has 2 rings (SSSR count). The second-order valence-electron chi connectivity index (χ2n) is 8.22. The van der Waals surface area contributed by atoms with Gasteiger partial charge >= 0.3 is 28.7 Å². The number of hydrogen-bond donors (Lipinski definition) is 1. The van der Waals surface area contributed by atoms with Crippen LogP contribution in [0.4, 0.5) is 0 Å². The molecule has 0 bridgehead atoms. The zero-order chi connectivity index (χ0) is 20.0. The molecule has 0 saturated carbocycles. The molecule has 26 heavy (non-hydrogen) atoms. The molecule has 0 aliphatic carbocycles. The molecule has 0 aromatic heterocycles. The van der Waals surface area contributed by atoms with Gasteiger partial charge in [-0.05, 0) is 10.5 Å². The van der Waals surface area contributed by atoms with Crippen molar-refractivity contribution in [3.8, 4) is 5.75 Å². The summed E-state index contributed by atoms with van der Waals surface area (Å²) in [6.45, 7) is 13.9. The van der Waals surface area contributed by atoms with Crippen molar-refractivity contribution < 1.29 is 24.5 Å². The van der Waals surface area contributed by atoms with Gasteiger partial charge in [-0.25, -0.2) is 0 Å². The minimum absolute atomic E-state index is 0.0316. The summed E-state index contributed by atoms with van der Waals surface area (Å²) in [5.41, 5.74) is 1.22. The Hall–Kier alpha value is -0.149. The quantitative estimate of drug-likeness (QED) is 0.518. The molecule has 0 amide bonds. The van der Waals surface area contributed by atoms with E-state index in [9.17, 15) is 5.11 Å². The molecule has 6 heteroatoms. The Kier molecular flexibility index (Phi) is 9.57. The van der Waals surface area contributed by atoms with E-state index in [1.807, 2.05) is 0 Å². The van der Waals surface area contributed by atoms with Gasteiger partial charge in [-0.1, -0.05) is 97.0 Å². The van der Waals surface area contributed by atoms with Gasteiger partial charge in [0.15, 0.2) is 0 Å². The van der Waals surface area contributed by atoms with E-state index in [4.69, 9.17) is 5.32 Å². The van der Waals surface area contributed by atoms with Crippen LogP contribution in [0.3, 0.4) is 0 Å². The zero-order valence-electron chi connectivity index (χ0n) is 16.5. The van der Waals surface area contributed by atoms with Crippen LogP contribution in [-0.2, 0) is 25.9 Å². The van der Waals surface area contributed by atoms with E-state index >= 15 is 0 Å². The molecule has 0 fully saturated rings. The van der Waals surface area contributed by atoms with Crippen LogP contribution in [0.2, 0.25) is 19.6 Å². The number of hydrogen-bond acceptors (Lipinski definition) is 1. The average molecular weight is 442 g/mol.